The maximum Gasteiger partial charge on any atom is 0.169 e. The highest BCUT2D eigenvalue weighted by molar-refractivity contribution is 7.11. The van der Waals surface area contributed by atoms with Crippen molar-refractivity contribution in [1.29, 1.82) is 0 Å². The van der Waals surface area contributed by atoms with Crippen molar-refractivity contribution in [3.05, 3.63) is 40.1 Å². The summed E-state index contributed by atoms with van der Waals surface area (Å²) < 4.78 is 11.0. The first-order valence-electron chi connectivity index (χ1n) is 5.65. The highest BCUT2D eigenvalue weighted by atomic mass is 32.1. The van der Waals surface area contributed by atoms with Gasteiger partial charge in [0.1, 0.15) is 5.75 Å². The molecule has 0 atom stereocenters. The van der Waals surface area contributed by atoms with Crippen LogP contribution in [-0.4, -0.2) is 13.4 Å². The molecule has 2 rings (SSSR count). The van der Waals surface area contributed by atoms with E-state index in [1.165, 1.54) is 16.9 Å². The lowest BCUT2D eigenvalue weighted by atomic mass is 10.1. The zero-order valence-corrected chi connectivity index (χ0v) is 11.1. The van der Waals surface area contributed by atoms with Gasteiger partial charge in [0.05, 0.1) is 12.0 Å². The monoisotopic (exact) mass is 262 g/mol. The highest BCUT2D eigenvalue weighted by Gasteiger charge is 2.08. The Kier molecular flexibility index (Phi) is 3.99. The number of carbonyl (C=O) groups excluding carboxylic acids is 1. The Balaban J connectivity index is 2.25. The third-order valence-corrected chi connectivity index (χ3v) is 3.41. The predicted octanol–water partition coefficient (Wildman–Crippen LogP) is 3.92. The summed E-state index contributed by atoms with van der Waals surface area (Å²) in [5.74, 6) is 2.02. The third kappa shape index (κ3) is 2.71. The first-order chi connectivity index (χ1) is 8.76. The summed E-state index contributed by atoms with van der Waals surface area (Å²) in [6.07, 6.45) is 1.76. The summed E-state index contributed by atoms with van der Waals surface area (Å²) in [7, 11) is 1.62. The van der Waals surface area contributed by atoms with E-state index in [0.717, 1.165) is 12.7 Å². The van der Waals surface area contributed by atoms with Crippen LogP contribution in [0.3, 0.4) is 0 Å². The highest BCUT2D eigenvalue weighted by Crippen LogP contribution is 2.34. The maximum atomic E-state index is 10.6. The van der Waals surface area contributed by atoms with E-state index in [2.05, 4.69) is 6.92 Å². The van der Waals surface area contributed by atoms with E-state index in [1.54, 1.807) is 18.6 Å². The normalized spacial score (nSPS) is 10.1. The second kappa shape index (κ2) is 5.69. The van der Waals surface area contributed by atoms with Crippen molar-refractivity contribution < 1.29 is 14.3 Å². The van der Waals surface area contributed by atoms with Crippen LogP contribution in [0.5, 0.6) is 17.2 Å². The van der Waals surface area contributed by atoms with Crippen LogP contribution in [0.2, 0.25) is 0 Å². The minimum absolute atomic E-state index is 0.647. The zero-order valence-electron chi connectivity index (χ0n) is 10.3. The average Bonchev–Trinajstić information content (AvgIpc) is 2.87. The lowest BCUT2D eigenvalue weighted by Crippen LogP contribution is -1.91. The van der Waals surface area contributed by atoms with Crippen molar-refractivity contribution in [3.63, 3.8) is 0 Å². The lowest BCUT2D eigenvalue weighted by Gasteiger charge is -2.10. The Hall–Kier alpha value is -1.81. The molecule has 0 aliphatic heterocycles. The van der Waals surface area contributed by atoms with Gasteiger partial charge in [-0.15, -0.1) is 11.3 Å². The third-order valence-electron chi connectivity index (χ3n) is 2.58. The molecule has 0 radical (unpaired) electrons. The van der Waals surface area contributed by atoms with E-state index >= 15 is 0 Å². The fourth-order valence-electron chi connectivity index (χ4n) is 1.59. The summed E-state index contributed by atoms with van der Waals surface area (Å²) in [6, 6.07) is 7.56. The number of benzene rings is 1. The number of thiophene rings is 1. The summed E-state index contributed by atoms with van der Waals surface area (Å²) in [6.45, 7) is 2.09. The Labute approximate surface area is 110 Å². The van der Waals surface area contributed by atoms with Gasteiger partial charge in [-0.1, -0.05) is 13.0 Å². The number of hydrogen-bond acceptors (Lipinski definition) is 4. The predicted molar refractivity (Wildman–Crippen MR) is 72.2 cm³/mol. The van der Waals surface area contributed by atoms with Gasteiger partial charge < -0.3 is 9.47 Å². The molecule has 0 fully saturated rings. The summed E-state index contributed by atoms with van der Waals surface area (Å²) in [4.78, 5) is 11.3. The molecule has 3 nitrogen and oxygen atoms in total. The summed E-state index contributed by atoms with van der Waals surface area (Å²) >= 11 is 1.36. The Morgan fingerprint density at radius 1 is 1.28 bits per heavy atom. The van der Waals surface area contributed by atoms with Crippen molar-refractivity contribution >= 4 is 17.6 Å². The molecule has 4 heteroatoms. The van der Waals surface area contributed by atoms with Crippen LogP contribution >= 0.6 is 11.3 Å². The fraction of sp³-hybridized carbons (Fsp3) is 0.214. The smallest absolute Gasteiger partial charge is 0.169 e. The van der Waals surface area contributed by atoms with Crippen molar-refractivity contribution in [2.45, 2.75) is 13.3 Å². The van der Waals surface area contributed by atoms with Crippen molar-refractivity contribution in [1.82, 2.24) is 0 Å². The number of carbonyl (C=O) groups is 1. The van der Waals surface area contributed by atoms with Crippen LogP contribution in [-0.2, 0) is 6.42 Å². The second-order valence-corrected chi connectivity index (χ2v) is 4.69. The van der Waals surface area contributed by atoms with Crippen LogP contribution in [0.15, 0.2) is 29.6 Å². The van der Waals surface area contributed by atoms with Crippen LogP contribution < -0.4 is 9.47 Å². The summed E-state index contributed by atoms with van der Waals surface area (Å²) in [5, 5.41) is 1.80. The number of ether oxygens (including phenoxy) is 2. The molecule has 0 aliphatic carbocycles. The standard InChI is InChI=1S/C14H14O3S/c1-3-10-4-5-13(14(6-10)16-2)17-11-7-12(8-15)18-9-11/h4-9H,3H2,1-2H3. The van der Waals surface area contributed by atoms with Crippen molar-refractivity contribution in [3.8, 4) is 17.2 Å². The van der Waals surface area contributed by atoms with E-state index < -0.39 is 0 Å². The zero-order chi connectivity index (χ0) is 13.0. The fourth-order valence-corrected chi connectivity index (χ4v) is 2.20. The van der Waals surface area contributed by atoms with E-state index in [9.17, 15) is 4.79 Å². The number of rotatable bonds is 5. The first-order valence-corrected chi connectivity index (χ1v) is 6.53. The van der Waals surface area contributed by atoms with Gasteiger partial charge in [0, 0.05) is 11.4 Å². The molecule has 0 aliphatic rings. The minimum atomic E-state index is 0.647. The molecule has 0 saturated heterocycles. The van der Waals surface area contributed by atoms with Gasteiger partial charge in [0.25, 0.3) is 0 Å². The van der Waals surface area contributed by atoms with Gasteiger partial charge in [0.15, 0.2) is 17.8 Å². The van der Waals surface area contributed by atoms with E-state index in [1.807, 2.05) is 18.2 Å². The number of aryl methyl sites for hydroxylation is 1. The molecule has 18 heavy (non-hydrogen) atoms. The number of methoxy groups -OCH3 is 1. The van der Waals surface area contributed by atoms with Gasteiger partial charge in [0.2, 0.25) is 0 Å². The van der Waals surface area contributed by atoms with Crippen LogP contribution in [0, 0.1) is 0 Å². The molecular formula is C14H14O3S. The van der Waals surface area contributed by atoms with E-state index in [-0.39, 0.29) is 0 Å². The second-order valence-electron chi connectivity index (χ2n) is 3.74. The van der Waals surface area contributed by atoms with Gasteiger partial charge in [-0.05, 0) is 24.1 Å². The quantitative estimate of drug-likeness (QED) is 0.766. The molecule has 2 aromatic rings. The molecule has 0 bridgehead atoms. The minimum Gasteiger partial charge on any atom is -0.493 e. The van der Waals surface area contributed by atoms with E-state index in [0.29, 0.717) is 22.1 Å². The average molecular weight is 262 g/mol. The number of hydrogen-bond donors (Lipinski definition) is 0. The molecule has 1 aromatic carbocycles. The molecule has 0 spiro atoms. The van der Waals surface area contributed by atoms with Crippen LogP contribution in [0.25, 0.3) is 0 Å². The Morgan fingerprint density at radius 3 is 2.72 bits per heavy atom. The topological polar surface area (TPSA) is 35.5 Å². The van der Waals surface area contributed by atoms with Gasteiger partial charge in [-0.3, -0.25) is 4.79 Å². The molecule has 0 saturated carbocycles. The molecule has 1 heterocycles. The number of aldehydes is 1. The largest absolute Gasteiger partial charge is 0.493 e. The molecule has 1 aromatic heterocycles. The van der Waals surface area contributed by atoms with Crippen LogP contribution in [0.4, 0.5) is 0 Å². The summed E-state index contributed by atoms with van der Waals surface area (Å²) in [5.41, 5.74) is 1.19. The van der Waals surface area contributed by atoms with Crippen molar-refractivity contribution in [2.75, 3.05) is 7.11 Å². The SMILES string of the molecule is CCc1ccc(Oc2csc(C=O)c2)c(OC)c1. The maximum absolute atomic E-state index is 10.6. The Bertz CT molecular complexity index is 546. The molecule has 0 unspecified atom stereocenters. The first kappa shape index (κ1) is 12.6. The molecule has 94 valence electrons. The molecule has 0 amide bonds. The van der Waals surface area contributed by atoms with Gasteiger partial charge in [-0.2, -0.15) is 0 Å². The lowest BCUT2D eigenvalue weighted by molar-refractivity contribution is 0.112. The van der Waals surface area contributed by atoms with Gasteiger partial charge >= 0.3 is 0 Å². The van der Waals surface area contributed by atoms with E-state index in [4.69, 9.17) is 9.47 Å². The Morgan fingerprint density at radius 2 is 2.11 bits per heavy atom. The van der Waals surface area contributed by atoms with Crippen molar-refractivity contribution in [2.24, 2.45) is 0 Å². The molecule has 0 N–H and O–H groups in total. The van der Waals surface area contributed by atoms with Gasteiger partial charge in [-0.25, -0.2) is 0 Å². The van der Waals surface area contributed by atoms with Crippen LogP contribution in [0.1, 0.15) is 22.2 Å². The molecular weight excluding hydrogens is 248 g/mol.